The summed E-state index contributed by atoms with van der Waals surface area (Å²) in [6, 6.07) is 2.05. The number of hydrogen-bond donors (Lipinski definition) is 4. The fourth-order valence-electron chi connectivity index (χ4n) is 1.37. The number of phenols is 1. The van der Waals surface area contributed by atoms with Crippen molar-refractivity contribution in [2.75, 3.05) is 0 Å². The monoisotopic (exact) mass is 310 g/mol. The molecule has 0 saturated heterocycles. The lowest BCUT2D eigenvalue weighted by Crippen LogP contribution is -2.00. The lowest BCUT2D eigenvalue weighted by molar-refractivity contribution is 0.275. The second-order valence-electron chi connectivity index (χ2n) is 3.66. The van der Waals surface area contributed by atoms with Gasteiger partial charge >= 0.3 is 13.4 Å². The van der Waals surface area contributed by atoms with Gasteiger partial charge < -0.3 is 24.2 Å². The van der Waals surface area contributed by atoms with E-state index in [1.54, 1.807) is 0 Å². The van der Waals surface area contributed by atoms with Crippen LogP contribution in [0, 0.1) is 18.6 Å². The summed E-state index contributed by atoms with van der Waals surface area (Å²) in [6.07, 6.45) is 0. The molecule has 0 aliphatic carbocycles. The minimum Gasteiger partial charge on any atom is -0.503 e. The maximum Gasteiger partial charge on any atom is 0.466 e. The van der Waals surface area contributed by atoms with Gasteiger partial charge in [-0.25, -0.2) is 13.8 Å². The molecular formula is C10H9F2O7P. The summed E-state index contributed by atoms with van der Waals surface area (Å²) >= 11 is 0. The van der Waals surface area contributed by atoms with E-state index in [9.17, 15) is 13.6 Å². The number of aromatic hydroxyl groups is 1. The molecule has 7 nitrogen and oxygen atoms in total. The first-order chi connectivity index (χ1) is 9.00. The molecule has 2 rings (SSSR count). The number of aryl methyl sites for hydroxylation is 1. The van der Waals surface area contributed by atoms with Gasteiger partial charge in [-0.05, 0) is 18.6 Å². The smallest absolute Gasteiger partial charge is 0.466 e. The Labute approximate surface area is 110 Å². The topological polar surface area (TPSA) is 128 Å². The number of rotatable bonds is 0. The van der Waals surface area contributed by atoms with Crippen LogP contribution in [0.25, 0.3) is 11.0 Å². The van der Waals surface area contributed by atoms with Crippen LogP contribution >= 0.6 is 7.82 Å². The third kappa shape index (κ3) is 4.10. The van der Waals surface area contributed by atoms with Crippen LogP contribution in [-0.2, 0) is 4.57 Å². The van der Waals surface area contributed by atoms with Crippen molar-refractivity contribution in [3.63, 3.8) is 0 Å². The first-order valence-electron chi connectivity index (χ1n) is 4.90. The van der Waals surface area contributed by atoms with Crippen molar-refractivity contribution in [1.82, 2.24) is 0 Å². The third-order valence-corrected chi connectivity index (χ3v) is 2.11. The molecule has 0 saturated carbocycles. The van der Waals surface area contributed by atoms with Gasteiger partial charge in [-0.2, -0.15) is 4.39 Å². The molecule has 4 N–H and O–H groups in total. The molecule has 0 bridgehead atoms. The lowest BCUT2D eigenvalue weighted by Gasteiger charge is -2.03. The second kappa shape index (κ2) is 5.68. The largest absolute Gasteiger partial charge is 0.503 e. The summed E-state index contributed by atoms with van der Waals surface area (Å²) < 4.78 is 39.7. The molecule has 0 amide bonds. The van der Waals surface area contributed by atoms with Gasteiger partial charge in [-0.15, -0.1) is 0 Å². The number of phosphoric acid groups is 1. The molecule has 0 aliphatic rings. The van der Waals surface area contributed by atoms with Crippen LogP contribution in [0.5, 0.6) is 5.75 Å². The molecule has 1 aromatic carbocycles. The molecule has 10 heteroatoms. The van der Waals surface area contributed by atoms with Crippen LogP contribution < -0.4 is 5.63 Å². The van der Waals surface area contributed by atoms with Crippen LogP contribution in [0.2, 0.25) is 0 Å². The Bertz CT molecular complexity index is 741. The fourth-order valence-corrected chi connectivity index (χ4v) is 1.37. The third-order valence-electron chi connectivity index (χ3n) is 2.11. The van der Waals surface area contributed by atoms with E-state index in [4.69, 9.17) is 24.4 Å². The van der Waals surface area contributed by atoms with E-state index in [1.807, 2.05) is 0 Å². The molecule has 110 valence electrons. The zero-order valence-corrected chi connectivity index (χ0v) is 10.8. The molecule has 0 radical (unpaired) electrons. The van der Waals surface area contributed by atoms with Crippen molar-refractivity contribution in [3.05, 3.63) is 39.8 Å². The van der Waals surface area contributed by atoms with E-state index < -0.39 is 36.4 Å². The molecule has 1 aromatic heterocycles. The van der Waals surface area contributed by atoms with E-state index in [0.717, 1.165) is 12.1 Å². The number of hydrogen-bond acceptors (Lipinski definition) is 4. The molecule has 0 atom stereocenters. The SMILES string of the molecule is Cc1cc(=O)oc2c(F)c(O)c(F)cc12.O=P(O)(O)O. The average molecular weight is 310 g/mol. The number of halogens is 2. The predicted molar refractivity (Wildman–Crippen MR) is 63.1 cm³/mol. The maximum atomic E-state index is 13.3. The van der Waals surface area contributed by atoms with Crippen LogP contribution in [-0.4, -0.2) is 19.8 Å². The Morgan fingerprint density at radius 2 is 1.70 bits per heavy atom. The summed E-state index contributed by atoms with van der Waals surface area (Å²) in [6.45, 7) is 1.52. The highest BCUT2D eigenvalue weighted by atomic mass is 31.2. The zero-order chi connectivity index (χ0) is 15.7. The molecule has 0 unspecified atom stereocenters. The van der Waals surface area contributed by atoms with Crippen LogP contribution in [0.3, 0.4) is 0 Å². The molecule has 20 heavy (non-hydrogen) atoms. The normalized spacial score (nSPS) is 11.1. The van der Waals surface area contributed by atoms with Gasteiger partial charge in [0.1, 0.15) is 0 Å². The molecule has 0 spiro atoms. The van der Waals surface area contributed by atoms with Crippen molar-refractivity contribution in [2.24, 2.45) is 0 Å². The standard InChI is InChI=1S/C10H6F2O3.H3O4P/c1-4-2-7(13)15-10-5(4)3-6(11)9(14)8(10)12;1-5(2,3)4/h2-3,14H,1H3;(H3,1,2,3,4). The Kier molecular flexibility index (Phi) is 4.61. The second-order valence-corrected chi connectivity index (χ2v) is 4.69. The van der Waals surface area contributed by atoms with Crippen LogP contribution in [0.1, 0.15) is 5.56 Å². The van der Waals surface area contributed by atoms with Gasteiger partial charge in [0.25, 0.3) is 0 Å². The summed E-state index contributed by atoms with van der Waals surface area (Å²) in [5.41, 5.74) is -0.789. The van der Waals surface area contributed by atoms with Crippen LogP contribution in [0.4, 0.5) is 8.78 Å². The van der Waals surface area contributed by atoms with Crippen molar-refractivity contribution >= 4 is 18.8 Å². The highest BCUT2D eigenvalue weighted by Gasteiger charge is 2.16. The molecular weight excluding hydrogens is 301 g/mol. The van der Waals surface area contributed by atoms with Gasteiger partial charge in [-0.3, -0.25) is 0 Å². The summed E-state index contributed by atoms with van der Waals surface area (Å²) in [7, 11) is -4.64. The minimum atomic E-state index is -4.64. The highest BCUT2D eigenvalue weighted by molar-refractivity contribution is 7.45. The van der Waals surface area contributed by atoms with Crippen molar-refractivity contribution in [2.45, 2.75) is 6.92 Å². The number of fused-ring (bicyclic) bond motifs is 1. The number of phenolic OH excluding ortho intramolecular Hbond substituents is 1. The molecule has 0 fully saturated rings. The van der Waals surface area contributed by atoms with Gasteiger partial charge in [0.05, 0.1) is 0 Å². The summed E-state index contributed by atoms with van der Waals surface area (Å²) in [5.74, 6) is -3.49. The van der Waals surface area contributed by atoms with E-state index >= 15 is 0 Å². The van der Waals surface area contributed by atoms with E-state index in [1.165, 1.54) is 6.92 Å². The Hall–Kier alpha value is -1.80. The van der Waals surface area contributed by atoms with Crippen molar-refractivity contribution in [1.29, 1.82) is 0 Å². The van der Waals surface area contributed by atoms with Crippen LogP contribution in [0.15, 0.2) is 21.3 Å². The van der Waals surface area contributed by atoms with E-state index in [2.05, 4.69) is 4.42 Å². The number of benzene rings is 1. The molecule has 0 aliphatic heterocycles. The van der Waals surface area contributed by atoms with Gasteiger partial charge in [-0.1, -0.05) is 0 Å². The Morgan fingerprint density at radius 3 is 2.20 bits per heavy atom. The maximum absolute atomic E-state index is 13.3. The molecule has 1 heterocycles. The molecule has 2 aromatic rings. The van der Waals surface area contributed by atoms with Gasteiger partial charge in [0, 0.05) is 11.5 Å². The summed E-state index contributed by atoms with van der Waals surface area (Å²) in [4.78, 5) is 32.5. The van der Waals surface area contributed by atoms with E-state index in [-0.39, 0.29) is 5.39 Å². The average Bonchev–Trinajstić information content (AvgIpc) is 2.26. The first-order valence-corrected chi connectivity index (χ1v) is 6.47. The van der Waals surface area contributed by atoms with Gasteiger partial charge in [0.2, 0.25) is 5.82 Å². The first kappa shape index (κ1) is 16.3. The fraction of sp³-hybridized carbons (Fsp3) is 0.100. The van der Waals surface area contributed by atoms with Gasteiger partial charge in [0.15, 0.2) is 17.1 Å². The predicted octanol–water partition coefficient (Wildman–Crippen LogP) is 1.16. The quantitative estimate of drug-likeness (QED) is 0.424. The zero-order valence-electron chi connectivity index (χ0n) is 9.87. The van der Waals surface area contributed by atoms with Crippen molar-refractivity contribution < 1.29 is 37.5 Å². The minimum absolute atomic E-state index is 0.127. The Balaban J connectivity index is 0.000000347. The summed E-state index contributed by atoms with van der Waals surface area (Å²) in [5, 5.41) is 9.10. The lowest BCUT2D eigenvalue weighted by atomic mass is 10.1. The highest BCUT2D eigenvalue weighted by Crippen LogP contribution is 2.29. The van der Waals surface area contributed by atoms with E-state index in [0.29, 0.717) is 5.56 Å². The van der Waals surface area contributed by atoms with Crippen molar-refractivity contribution in [3.8, 4) is 5.75 Å². The Morgan fingerprint density at radius 1 is 1.20 bits per heavy atom.